The van der Waals surface area contributed by atoms with E-state index < -0.39 is 15.0 Å². The zero-order valence-corrected chi connectivity index (χ0v) is 12.1. The van der Waals surface area contributed by atoms with Gasteiger partial charge in [0.15, 0.2) is 0 Å². The van der Waals surface area contributed by atoms with Gasteiger partial charge in [-0.15, -0.1) is 0 Å². The van der Waals surface area contributed by atoms with Crippen LogP contribution in [0.15, 0.2) is 27.6 Å². The Morgan fingerprint density at radius 3 is 2.56 bits per heavy atom. The van der Waals surface area contributed by atoms with Crippen molar-refractivity contribution in [2.75, 3.05) is 13.2 Å². The molecule has 0 aromatic heterocycles. The van der Waals surface area contributed by atoms with E-state index in [0.717, 1.165) is 0 Å². The topological polar surface area (TPSA) is 69.7 Å². The van der Waals surface area contributed by atoms with Crippen molar-refractivity contribution in [3.8, 4) is 0 Å². The fourth-order valence-electron chi connectivity index (χ4n) is 1.32. The van der Waals surface area contributed by atoms with E-state index in [9.17, 15) is 13.2 Å². The number of carbonyl (C=O) groups is 1. The number of hydrogen-bond acceptors (Lipinski definition) is 5. The van der Waals surface area contributed by atoms with Crippen molar-refractivity contribution in [2.24, 2.45) is 0 Å². The van der Waals surface area contributed by atoms with Gasteiger partial charge in [0.25, 0.3) is 9.05 Å². The fraction of sp³-hybridized carbons (Fsp3) is 0.300. The molecule has 0 saturated carbocycles. The molecule has 0 unspecified atom stereocenters. The monoisotopic (exact) mass is 354 g/mol. The van der Waals surface area contributed by atoms with E-state index in [1.165, 1.54) is 18.2 Å². The van der Waals surface area contributed by atoms with Gasteiger partial charge in [0.2, 0.25) is 0 Å². The maximum absolute atomic E-state index is 11.7. The van der Waals surface area contributed by atoms with Gasteiger partial charge in [-0.2, -0.15) is 0 Å². The summed E-state index contributed by atoms with van der Waals surface area (Å²) >= 11 is 3.12. The van der Waals surface area contributed by atoms with Crippen molar-refractivity contribution >= 4 is 41.6 Å². The molecule has 0 bridgehead atoms. The first kappa shape index (κ1) is 13.8. The van der Waals surface area contributed by atoms with Gasteiger partial charge in [0.05, 0.1) is 23.7 Å². The van der Waals surface area contributed by atoms with Crippen molar-refractivity contribution in [2.45, 2.75) is 11.0 Å². The minimum Gasteiger partial charge on any atom is -0.454 e. The van der Waals surface area contributed by atoms with Crippen LogP contribution in [-0.2, 0) is 18.5 Å². The van der Waals surface area contributed by atoms with Crippen molar-refractivity contribution in [1.29, 1.82) is 0 Å². The summed E-state index contributed by atoms with van der Waals surface area (Å²) in [5.74, 6) is -0.605. The van der Waals surface area contributed by atoms with Gasteiger partial charge in [-0.1, -0.05) is 15.9 Å². The van der Waals surface area contributed by atoms with E-state index in [0.29, 0.717) is 17.7 Å². The largest absolute Gasteiger partial charge is 0.454 e. The molecule has 1 saturated heterocycles. The van der Waals surface area contributed by atoms with E-state index in [-0.39, 0.29) is 16.6 Å². The molecule has 2 rings (SSSR count). The Balaban J connectivity index is 2.27. The number of halogens is 2. The Labute approximate surface area is 117 Å². The molecule has 98 valence electrons. The molecule has 0 radical (unpaired) electrons. The van der Waals surface area contributed by atoms with Crippen molar-refractivity contribution in [3.63, 3.8) is 0 Å². The molecule has 18 heavy (non-hydrogen) atoms. The maximum atomic E-state index is 11.7. The molecule has 0 amide bonds. The highest BCUT2D eigenvalue weighted by molar-refractivity contribution is 9.10. The lowest BCUT2D eigenvalue weighted by Crippen LogP contribution is -2.37. The zero-order valence-electron chi connectivity index (χ0n) is 8.93. The second kappa shape index (κ2) is 5.16. The molecule has 8 heteroatoms. The third-order valence-electron chi connectivity index (χ3n) is 2.27. The Morgan fingerprint density at radius 2 is 2.06 bits per heavy atom. The average molecular weight is 356 g/mol. The smallest absolute Gasteiger partial charge is 0.338 e. The average Bonchev–Trinajstić information content (AvgIpc) is 2.21. The Morgan fingerprint density at radius 1 is 1.39 bits per heavy atom. The standard InChI is InChI=1S/C10H8BrClO5S/c11-7-1-6(2-9(3-7)18(12,14)15)10(13)17-8-4-16-5-8/h1-3,8H,4-5H2. The molecule has 1 heterocycles. The molecule has 1 fully saturated rings. The Bertz CT molecular complexity index is 582. The second-order valence-electron chi connectivity index (χ2n) is 3.68. The van der Waals surface area contributed by atoms with Gasteiger partial charge < -0.3 is 9.47 Å². The fourth-order valence-corrected chi connectivity index (χ4v) is 2.77. The van der Waals surface area contributed by atoms with Gasteiger partial charge in [0.1, 0.15) is 6.10 Å². The highest BCUT2D eigenvalue weighted by Crippen LogP contribution is 2.23. The highest BCUT2D eigenvalue weighted by atomic mass is 79.9. The molecule has 0 spiro atoms. The highest BCUT2D eigenvalue weighted by Gasteiger charge is 2.24. The molecular weight excluding hydrogens is 348 g/mol. The molecule has 1 aliphatic rings. The van der Waals surface area contributed by atoms with Crippen LogP contribution in [0.4, 0.5) is 0 Å². The number of ether oxygens (including phenoxy) is 2. The lowest BCUT2D eigenvalue weighted by Gasteiger charge is -2.25. The number of esters is 1. The van der Waals surface area contributed by atoms with Crippen LogP contribution in [0.5, 0.6) is 0 Å². The summed E-state index contributed by atoms with van der Waals surface area (Å²) in [5.41, 5.74) is 0.121. The van der Waals surface area contributed by atoms with E-state index in [1.54, 1.807) is 0 Å². The van der Waals surface area contributed by atoms with Crippen LogP contribution in [0.2, 0.25) is 0 Å². The normalized spacial score (nSPS) is 16.1. The first-order chi connectivity index (χ1) is 8.36. The molecule has 1 aliphatic heterocycles. The van der Waals surface area contributed by atoms with Gasteiger partial charge in [-0.3, -0.25) is 0 Å². The number of benzene rings is 1. The summed E-state index contributed by atoms with van der Waals surface area (Å²) in [4.78, 5) is 11.6. The van der Waals surface area contributed by atoms with E-state index in [1.807, 2.05) is 0 Å². The molecule has 0 atom stereocenters. The van der Waals surface area contributed by atoms with Crippen molar-refractivity contribution in [3.05, 3.63) is 28.2 Å². The third-order valence-corrected chi connectivity index (χ3v) is 4.06. The summed E-state index contributed by atoms with van der Waals surface area (Å²) in [6.45, 7) is 0.723. The molecule has 1 aromatic carbocycles. The van der Waals surface area contributed by atoms with Gasteiger partial charge >= 0.3 is 5.97 Å². The summed E-state index contributed by atoms with van der Waals surface area (Å²) < 4.78 is 32.8. The summed E-state index contributed by atoms with van der Waals surface area (Å²) in [5, 5.41) is 0. The van der Waals surface area contributed by atoms with Crippen molar-refractivity contribution in [1.82, 2.24) is 0 Å². The van der Waals surface area contributed by atoms with E-state index in [4.69, 9.17) is 20.2 Å². The number of rotatable bonds is 3. The molecule has 5 nitrogen and oxygen atoms in total. The summed E-state index contributed by atoms with van der Waals surface area (Å²) in [6, 6.07) is 3.95. The maximum Gasteiger partial charge on any atom is 0.338 e. The Hall–Kier alpha value is -0.630. The van der Waals surface area contributed by atoms with Gasteiger partial charge in [-0.05, 0) is 18.2 Å². The predicted molar refractivity (Wildman–Crippen MR) is 67.2 cm³/mol. The first-order valence-electron chi connectivity index (χ1n) is 4.90. The van der Waals surface area contributed by atoms with Gasteiger partial charge in [0, 0.05) is 15.2 Å². The van der Waals surface area contributed by atoms with Crippen LogP contribution in [0.1, 0.15) is 10.4 Å². The minimum atomic E-state index is -3.89. The summed E-state index contributed by atoms with van der Waals surface area (Å²) in [6.07, 6.45) is -0.271. The van der Waals surface area contributed by atoms with Crippen LogP contribution >= 0.6 is 26.6 Å². The van der Waals surface area contributed by atoms with Crippen LogP contribution in [0, 0.1) is 0 Å². The van der Waals surface area contributed by atoms with E-state index >= 15 is 0 Å². The third kappa shape index (κ3) is 3.23. The quantitative estimate of drug-likeness (QED) is 0.612. The van der Waals surface area contributed by atoms with Crippen LogP contribution in [0.25, 0.3) is 0 Å². The SMILES string of the molecule is O=C(OC1COC1)c1cc(Br)cc(S(=O)(=O)Cl)c1. The number of hydrogen-bond donors (Lipinski definition) is 0. The molecular formula is C10H8BrClO5S. The lowest BCUT2D eigenvalue weighted by atomic mass is 10.2. The molecule has 0 N–H and O–H groups in total. The lowest BCUT2D eigenvalue weighted by molar-refractivity contribution is -0.103. The second-order valence-corrected chi connectivity index (χ2v) is 7.16. The first-order valence-corrected chi connectivity index (χ1v) is 8.00. The van der Waals surface area contributed by atoms with Crippen LogP contribution in [0.3, 0.4) is 0 Å². The minimum absolute atomic E-state index is 0.121. The number of carbonyl (C=O) groups excluding carboxylic acids is 1. The molecule has 1 aromatic rings. The predicted octanol–water partition coefficient (Wildman–Crippen LogP) is 1.93. The molecule has 0 aliphatic carbocycles. The van der Waals surface area contributed by atoms with Gasteiger partial charge in [-0.25, -0.2) is 13.2 Å². The Kier molecular flexibility index (Phi) is 3.96. The zero-order chi connectivity index (χ0) is 13.3. The van der Waals surface area contributed by atoms with Crippen LogP contribution < -0.4 is 0 Å². The van der Waals surface area contributed by atoms with Crippen molar-refractivity contribution < 1.29 is 22.7 Å². The summed E-state index contributed by atoms with van der Waals surface area (Å²) in [7, 11) is 1.34. The van der Waals surface area contributed by atoms with E-state index in [2.05, 4.69) is 15.9 Å². The van der Waals surface area contributed by atoms with Crippen LogP contribution in [-0.4, -0.2) is 33.7 Å².